The Hall–Kier alpha value is -3.74. The van der Waals surface area contributed by atoms with Crippen LogP contribution in [0.1, 0.15) is 17.0 Å². The number of nitrogens with one attached hydrogen (secondary N) is 1. The molecule has 0 radical (unpaired) electrons. The second-order valence-corrected chi connectivity index (χ2v) is 8.92. The van der Waals surface area contributed by atoms with Crippen molar-refractivity contribution in [1.82, 2.24) is 9.88 Å². The minimum Gasteiger partial charge on any atom is -0.318 e. The van der Waals surface area contributed by atoms with E-state index in [0.29, 0.717) is 10.7 Å². The Kier molecular flexibility index (Phi) is 5.55. The number of carbonyl (C=O) groups is 2. The van der Waals surface area contributed by atoms with Gasteiger partial charge in [-0.1, -0.05) is 48.0 Å². The SMILES string of the molecule is Cc1cc(C=C2C(=O)NC(=S)N(c3cccc4ccccc34)C2=O)c(C)n1-c1ccc(Cl)cc1. The van der Waals surface area contributed by atoms with Crippen LogP contribution in [0.4, 0.5) is 5.69 Å². The molecule has 1 saturated heterocycles. The third-order valence-corrected chi connectivity index (χ3v) is 6.50. The maximum absolute atomic E-state index is 13.6. The molecule has 2 heterocycles. The molecular weight excluding hydrogens is 466 g/mol. The second-order valence-electron chi connectivity index (χ2n) is 8.09. The summed E-state index contributed by atoms with van der Waals surface area (Å²) < 4.78 is 2.06. The van der Waals surface area contributed by atoms with Gasteiger partial charge < -0.3 is 4.57 Å². The molecule has 1 fully saturated rings. The average Bonchev–Trinajstić information content (AvgIpc) is 3.10. The molecule has 5 nitrogen and oxygen atoms in total. The minimum atomic E-state index is -0.511. The number of halogens is 1. The number of benzene rings is 3. The zero-order valence-corrected chi connectivity index (χ0v) is 20.1. The molecule has 168 valence electrons. The lowest BCUT2D eigenvalue weighted by Crippen LogP contribution is -2.54. The molecule has 0 atom stereocenters. The monoisotopic (exact) mass is 485 g/mol. The maximum Gasteiger partial charge on any atom is 0.270 e. The van der Waals surface area contributed by atoms with E-state index in [1.165, 1.54) is 4.90 Å². The highest BCUT2D eigenvalue weighted by molar-refractivity contribution is 7.80. The van der Waals surface area contributed by atoms with Crippen molar-refractivity contribution < 1.29 is 9.59 Å². The van der Waals surface area contributed by atoms with Gasteiger partial charge in [-0.25, -0.2) is 0 Å². The van der Waals surface area contributed by atoms with Crippen molar-refractivity contribution in [1.29, 1.82) is 0 Å². The third-order valence-electron chi connectivity index (χ3n) is 5.96. The van der Waals surface area contributed by atoms with E-state index in [9.17, 15) is 9.59 Å². The van der Waals surface area contributed by atoms with Gasteiger partial charge in [0.05, 0.1) is 5.69 Å². The summed E-state index contributed by atoms with van der Waals surface area (Å²) >= 11 is 11.4. The molecular formula is C27H20ClN3O2S. The number of nitrogens with zero attached hydrogens (tertiary/aromatic N) is 2. The number of amides is 2. The topological polar surface area (TPSA) is 54.3 Å². The Bertz CT molecular complexity index is 1510. The predicted octanol–water partition coefficient (Wildman–Crippen LogP) is 5.73. The van der Waals surface area contributed by atoms with Gasteiger partial charge >= 0.3 is 0 Å². The lowest BCUT2D eigenvalue weighted by molar-refractivity contribution is -0.122. The van der Waals surface area contributed by atoms with Gasteiger partial charge in [0.2, 0.25) is 0 Å². The van der Waals surface area contributed by atoms with Crippen LogP contribution in [0.2, 0.25) is 5.02 Å². The normalized spacial score (nSPS) is 15.3. The van der Waals surface area contributed by atoms with Crippen molar-refractivity contribution in [3.05, 3.63) is 100 Å². The summed E-state index contributed by atoms with van der Waals surface area (Å²) in [4.78, 5) is 27.8. The van der Waals surface area contributed by atoms with Gasteiger partial charge in [0.1, 0.15) is 5.57 Å². The number of rotatable bonds is 3. The number of carbonyl (C=O) groups excluding carboxylic acids is 2. The second kappa shape index (κ2) is 8.56. The number of anilines is 1. The van der Waals surface area contributed by atoms with Gasteiger partial charge in [0.25, 0.3) is 11.8 Å². The molecule has 2 amide bonds. The fraction of sp³-hybridized carbons (Fsp3) is 0.0741. The fourth-order valence-corrected chi connectivity index (χ4v) is 4.76. The van der Waals surface area contributed by atoms with E-state index >= 15 is 0 Å². The Morgan fingerprint density at radius 2 is 1.65 bits per heavy atom. The maximum atomic E-state index is 13.6. The van der Waals surface area contributed by atoms with Gasteiger partial charge in [-0.2, -0.15) is 0 Å². The number of hydrogen-bond donors (Lipinski definition) is 1. The molecule has 1 N–H and O–H groups in total. The Morgan fingerprint density at radius 1 is 0.941 bits per heavy atom. The van der Waals surface area contributed by atoms with Crippen LogP contribution in [0, 0.1) is 13.8 Å². The first-order valence-corrected chi connectivity index (χ1v) is 11.5. The molecule has 7 heteroatoms. The molecule has 34 heavy (non-hydrogen) atoms. The summed E-state index contributed by atoms with van der Waals surface area (Å²) in [5.74, 6) is -0.968. The highest BCUT2D eigenvalue weighted by Crippen LogP contribution is 2.31. The van der Waals surface area contributed by atoms with Crippen molar-refractivity contribution in [3.8, 4) is 5.69 Å². The summed E-state index contributed by atoms with van der Waals surface area (Å²) in [6.07, 6.45) is 1.63. The number of aryl methyl sites for hydroxylation is 1. The van der Waals surface area contributed by atoms with Crippen LogP contribution in [0.25, 0.3) is 22.5 Å². The molecule has 0 bridgehead atoms. The summed E-state index contributed by atoms with van der Waals surface area (Å²) in [5, 5.41) is 5.25. The first-order chi connectivity index (χ1) is 16.3. The lowest BCUT2D eigenvalue weighted by Gasteiger charge is -2.29. The van der Waals surface area contributed by atoms with E-state index in [1.807, 2.05) is 86.6 Å². The summed E-state index contributed by atoms with van der Waals surface area (Å²) in [6.45, 7) is 3.93. The average molecular weight is 486 g/mol. The van der Waals surface area contributed by atoms with Crippen LogP contribution in [0.15, 0.2) is 78.4 Å². The first kappa shape index (κ1) is 22.1. The van der Waals surface area contributed by atoms with E-state index in [2.05, 4.69) is 9.88 Å². The summed E-state index contributed by atoms with van der Waals surface area (Å²) in [6, 6.07) is 22.9. The molecule has 0 aliphatic carbocycles. The highest BCUT2D eigenvalue weighted by Gasteiger charge is 2.35. The van der Waals surface area contributed by atoms with Crippen LogP contribution in [-0.4, -0.2) is 21.5 Å². The molecule has 0 saturated carbocycles. The van der Waals surface area contributed by atoms with Crippen molar-refractivity contribution in [2.24, 2.45) is 0 Å². The van der Waals surface area contributed by atoms with Gasteiger partial charge in [0, 0.05) is 27.5 Å². The van der Waals surface area contributed by atoms with Crippen LogP contribution < -0.4 is 10.2 Å². The zero-order chi connectivity index (χ0) is 24.0. The number of fused-ring (bicyclic) bond motifs is 1. The van der Waals surface area contributed by atoms with E-state index in [1.54, 1.807) is 6.08 Å². The van der Waals surface area contributed by atoms with E-state index in [4.69, 9.17) is 23.8 Å². The van der Waals surface area contributed by atoms with Crippen molar-refractivity contribution in [3.63, 3.8) is 0 Å². The number of thiocarbonyl (C=S) groups is 1. The van der Waals surface area contributed by atoms with Crippen LogP contribution in [-0.2, 0) is 9.59 Å². The largest absolute Gasteiger partial charge is 0.318 e. The van der Waals surface area contributed by atoms with E-state index in [0.717, 1.165) is 33.4 Å². The highest BCUT2D eigenvalue weighted by atomic mass is 35.5. The summed E-state index contributed by atoms with van der Waals surface area (Å²) in [7, 11) is 0. The van der Waals surface area contributed by atoms with Gasteiger partial charge in [0.15, 0.2) is 5.11 Å². The fourth-order valence-electron chi connectivity index (χ4n) is 4.36. The standard InChI is InChI=1S/C27H20ClN3O2S/c1-16-14-19(17(2)30(16)21-12-10-20(28)11-13-21)15-23-25(32)29-27(34)31(26(23)33)24-9-5-7-18-6-3-4-8-22(18)24/h3-15H,1-2H3,(H,29,32,34). The molecule has 4 aromatic rings. The Balaban J connectivity index is 1.59. The zero-order valence-electron chi connectivity index (χ0n) is 18.5. The molecule has 5 rings (SSSR count). The smallest absolute Gasteiger partial charge is 0.270 e. The van der Waals surface area contributed by atoms with Crippen molar-refractivity contribution >= 4 is 63.3 Å². The minimum absolute atomic E-state index is 0.0258. The van der Waals surface area contributed by atoms with Gasteiger partial charge in [-0.05, 0) is 79.5 Å². The number of hydrogen-bond acceptors (Lipinski definition) is 3. The van der Waals surface area contributed by atoms with Crippen LogP contribution in [0.5, 0.6) is 0 Å². The molecule has 1 aliphatic heterocycles. The third kappa shape index (κ3) is 3.71. The lowest BCUT2D eigenvalue weighted by atomic mass is 10.0. The van der Waals surface area contributed by atoms with Crippen molar-refractivity contribution in [2.75, 3.05) is 4.90 Å². The predicted molar refractivity (Wildman–Crippen MR) is 140 cm³/mol. The van der Waals surface area contributed by atoms with Crippen molar-refractivity contribution in [2.45, 2.75) is 13.8 Å². The van der Waals surface area contributed by atoms with Crippen LogP contribution in [0.3, 0.4) is 0 Å². The molecule has 1 aromatic heterocycles. The van der Waals surface area contributed by atoms with E-state index in [-0.39, 0.29) is 10.7 Å². The Labute approximate surface area is 207 Å². The molecule has 0 unspecified atom stereocenters. The van der Waals surface area contributed by atoms with Crippen LogP contribution >= 0.6 is 23.8 Å². The Morgan fingerprint density at radius 3 is 2.41 bits per heavy atom. The summed E-state index contributed by atoms with van der Waals surface area (Å²) in [5.41, 5.74) is 4.25. The molecule has 0 spiro atoms. The number of aromatic nitrogens is 1. The molecule has 1 aliphatic rings. The van der Waals surface area contributed by atoms with Gasteiger partial charge in [-0.15, -0.1) is 0 Å². The first-order valence-electron chi connectivity index (χ1n) is 10.7. The quantitative estimate of drug-likeness (QED) is 0.229. The van der Waals surface area contributed by atoms with Gasteiger partial charge in [-0.3, -0.25) is 19.8 Å². The van der Waals surface area contributed by atoms with E-state index < -0.39 is 11.8 Å². The molecule has 3 aromatic carbocycles.